The van der Waals surface area contributed by atoms with Crippen molar-refractivity contribution in [3.05, 3.63) is 89.5 Å². The number of amides is 1. The average molecular weight is 479 g/mol. The van der Waals surface area contributed by atoms with Crippen LogP contribution in [0, 0.1) is 0 Å². The van der Waals surface area contributed by atoms with E-state index in [2.05, 4.69) is 0 Å². The van der Waals surface area contributed by atoms with Crippen molar-refractivity contribution in [3.63, 3.8) is 0 Å². The third kappa shape index (κ3) is 4.38. The normalized spacial score (nSPS) is 17.6. The standard InChI is InChI=1S/C26H26N2O5S/c1-27(17-22-18-32-24-11-4-5-12-25(24)33-22)26(29)20-9-6-10-23(15-20)34(30,31)28-14-13-19-7-2-3-8-21(19)16-28/h2-12,15,22H,13-14,16-18H2,1H3. The van der Waals surface area contributed by atoms with Gasteiger partial charge in [0.1, 0.15) is 6.61 Å². The van der Waals surface area contributed by atoms with Gasteiger partial charge in [-0.15, -0.1) is 0 Å². The minimum absolute atomic E-state index is 0.123. The summed E-state index contributed by atoms with van der Waals surface area (Å²) < 4.78 is 39.8. The maximum Gasteiger partial charge on any atom is 0.253 e. The van der Waals surface area contributed by atoms with Gasteiger partial charge < -0.3 is 14.4 Å². The number of sulfonamides is 1. The van der Waals surface area contributed by atoms with Crippen LogP contribution in [0.1, 0.15) is 21.5 Å². The van der Waals surface area contributed by atoms with Crippen LogP contribution in [-0.2, 0) is 23.0 Å². The van der Waals surface area contributed by atoms with Gasteiger partial charge in [0.25, 0.3) is 5.91 Å². The van der Waals surface area contributed by atoms with Gasteiger partial charge in [-0.1, -0.05) is 42.5 Å². The number of ether oxygens (including phenoxy) is 2. The van der Waals surface area contributed by atoms with Crippen LogP contribution in [0.25, 0.3) is 0 Å². The minimum atomic E-state index is -3.73. The van der Waals surface area contributed by atoms with Gasteiger partial charge in [-0.2, -0.15) is 4.31 Å². The molecule has 8 heteroatoms. The Balaban J connectivity index is 1.29. The number of hydrogen-bond donors (Lipinski definition) is 0. The molecular weight excluding hydrogens is 452 g/mol. The molecule has 2 aliphatic heterocycles. The predicted octanol–water partition coefficient (Wildman–Crippen LogP) is 3.35. The van der Waals surface area contributed by atoms with Crippen LogP contribution >= 0.6 is 0 Å². The SMILES string of the molecule is CN(CC1COc2ccccc2O1)C(=O)c1cccc(S(=O)(=O)N2CCc3ccccc3C2)c1. The molecule has 2 aliphatic rings. The van der Waals surface area contributed by atoms with Crippen LogP contribution in [0.3, 0.4) is 0 Å². The Hall–Kier alpha value is -3.36. The van der Waals surface area contributed by atoms with Crippen molar-refractivity contribution >= 4 is 15.9 Å². The third-order valence-electron chi connectivity index (χ3n) is 6.21. The van der Waals surface area contributed by atoms with Gasteiger partial charge in [0.05, 0.1) is 11.4 Å². The van der Waals surface area contributed by atoms with Crippen LogP contribution < -0.4 is 9.47 Å². The lowest BCUT2D eigenvalue weighted by Crippen LogP contribution is -2.41. The van der Waals surface area contributed by atoms with E-state index in [1.165, 1.54) is 20.8 Å². The highest BCUT2D eigenvalue weighted by molar-refractivity contribution is 7.89. The van der Waals surface area contributed by atoms with E-state index in [1.54, 1.807) is 25.2 Å². The number of hydrogen-bond acceptors (Lipinski definition) is 5. The number of likely N-dealkylation sites (N-methyl/N-ethyl adjacent to an activating group) is 1. The number of carbonyl (C=O) groups is 1. The average Bonchev–Trinajstić information content (AvgIpc) is 2.88. The van der Waals surface area contributed by atoms with Gasteiger partial charge in [-0.25, -0.2) is 8.42 Å². The Morgan fingerprint density at radius 2 is 1.74 bits per heavy atom. The van der Waals surface area contributed by atoms with Crippen molar-refractivity contribution in [2.24, 2.45) is 0 Å². The molecule has 34 heavy (non-hydrogen) atoms. The van der Waals surface area contributed by atoms with Crippen LogP contribution in [0.5, 0.6) is 11.5 Å². The smallest absolute Gasteiger partial charge is 0.253 e. The minimum Gasteiger partial charge on any atom is -0.486 e. The molecule has 1 amide bonds. The van der Waals surface area contributed by atoms with E-state index in [4.69, 9.17) is 9.47 Å². The quantitative estimate of drug-likeness (QED) is 0.562. The van der Waals surface area contributed by atoms with Crippen molar-refractivity contribution in [2.75, 3.05) is 26.7 Å². The number of para-hydroxylation sites is 2. The molecule has 0 N–H and O–H groups in total. The zero-order valence-electron chi connectivity index (χ0n) is 18.9. The summed E-state index contributed by atoms with van der Waals surface area (Å²) in [6.07, 6.45) is 0.354. The molecule has 0 saturated heterocycles. The third-order valence-corrected chi connectivity index (χ3v) is 8.05. The second-order valence-corrected chi connectivity index (χ2v) is 10.5. The number of carbonyl (C=O) groups excluding carboxylic acids is 1. The first-order valence-electron chi connectivity index (χ1n) is 11.2. The lowest BCUT2D eigenvalue weighted by Gasteiger charge is -2.30. The second kappa shape index (κ2) is 9.12. The highest BCUT2D eigenvalue weighted by Crippen LogP contribution is 2.31. The van der Waals surface area contributed by atoms with E-state index in [-0.39, 0.29) is 16.9 Å². The zero-order valence-corrected chi connectivity index (χ0v) is 19.7. The van der Waals surface area contributed by atoms with Crippen LogP contribution in [0.2, 0.25) is 0 Å². The summed E-state index contributed by atoms with van der Waals surface area (Å²) >= 11 is 0. The molecule has 0 fully saturated rings. The van der Waals surface area contributed by atoms with Crippen molar-refractivity contribution in [2.45, 2.75) is 24.0 Å². The van der Waals surface area contributed by atoms with E-state index in [9.17, 15) is 13.2 Å². The molecule has 7 nitrogen and oxygen atoms in total. The number of nitrogens with zero attached hydrogens (tertiary/aromatic N) is 2. The highest BCUT2D eigenvalue weighted by atomic mass is 32.2. The van der Waals surface area contributed by atoms with Gasteiger partial charge in [-0.3, -0.25) is 4.79 Å². The molecule has 0 saturated carbocycles. The van der Waals surface area contributed by atoms with E-state index in [1.807, 2.05) is 48.5 Å². The van der Waals surface area contributed by atoms with Crippen molar-refractivity contribution < 1.29 is 22.7 Å². The van der Waals surface area contributed by atoms with Gasteiger partial charge >= 0.3 is 0 Å². The van der Waals surface area contributed by atoms with Gasteiger partial charge in [0.15, 0.2) is 17.6 Å². The molecular formula is C26H26N2O5S. The Morgan fingerprint density at radius 3 is 2.56 bits per heavy atom. The van der Waals surface area contributed by atoms with Crippen molar-refractivity contribution in [3.8, 4) is 11.5 Å². The van der Waals surface area contributed by atoms with Crippen molar-refractivity contribution in [1.29, 1.82) is 0 Å². The van der Waals surface area contributed by atoms with E-state index in [0.717, 1.165) is 5.56 Å². The molecule has 2 heterocycles. The largest absolute Gasteiger partial charge is 0.486 e. The maximum absolute atomic E-state index is 13.3. The first-order chi connectivity index (χ1) is 16.4. The second-order valence-electron chi connectivity index (χ2n) is 8.57. The lowest BCUT2D eigenvalue weighted by molar-refractivity contribution is 0.0521. The lowest BCUT2D eigenvalue weighted by atomic mass is 10.0. The van der Waals surface area contributed by atoms with Gasteiger partial charge in [0, 0.05) is 25.7 Å². The first kappa shape index (κ1) is 22.4. The molecule has 1 unspecified atom stereocenters. The van der Waals surface area contributed by atoms with Crippen molar-refractivity contribution in [1.82, 2.24) is 9.21 Å². The van der Waals surface area contributed by atoms with Crippen LogP contribution in [-0.4, -0.2) is 56.4 Å². The summed E-state index contributed by atoms with van der Waals surface area (Å²) in [6.45, 7) is 1.39. The fraction of sp³-hybridized carbons (Fsp3) is 0.269. The summed E-state index contributed by atoms with van der Waals surface area (Å²) in [5, 5.41) is 0. The zero-order chi connectivity index (χ0) is 23.7. The Labute approximate surface area is 199 Å². The summed E-state index contributed by atoms with van der Waals surface area (Å²) in [4.78, 5) is 14.8. The van der Waals surface area contributed by atoms with E-state index < -0.39 is 10.0 Å². The first-order valence-corrected chi connectivity index (χ1v) is 12.7. The molecule has 3 aromatic carbocycles. The molecule has 0 bridgehead atoms. The van der Waals surface area contributed by atoms with Gasteiger partial charge in [0.2, 0.25) is 10.0 Å². The van der Waals surface area contributed by atoms with E-state index in [0.29, 0.717) is 49.7 Å². The highest BCUT2D eigenvalue weighted by Gasteiger charge is 2.29. The number of fused-ring (bicyclic) bond motifs is 2. The fourth-order valence-electron chi connectivity index (χ4n) is 4.38. The molecule has 0 radical (unpaired) electrons. The Bertz CT molecular complexity index is 1320. The topological polar surface area (TPSA) is 76.1 Å². The maximum atomic E-state index is 13.3. The van der Waals surface area contributed by atoms with Gasteiger partial charge in [-0.05, 0) is 47.9 Å². The summed E-state index contributed by atoms with van der Waals surface area (Å²) in [6, 6.07) is 21.6. The number of benzene rings is 3. The molecule has 0 spiro atoms. The predicted molar refractivity (Wildman–Crippen MR) is 127 cm³/mol. The fourth-order valence-corrected chi connectivity index (χ4v) is 5.84. The summed E-state index contributed by atoms with van der Waals surface area (Å²) in [5.74, 6) is 1.06. The Kier molecular flexibility index (Phi) is 6.02. The molecule has 0 aliphatic carbocycles. The van der Waals surface area contributed by atoms with E-state index >= 15 is 0 Å². The van der Waals surface area contributed by atoms with Crippen LogP contribution in [0.4, 0.5) is 0 Å². The molecule has 1 atom stereocenters. The number of rotatable bonds is 5. The molecule has 0 aromatic heterocycles. The molecule has 5 rings (SSSR count). The summed E-state index contributed by atoms with van der Waals surface area (Å²) in [7, 11) is -2.05. The Morgan fingerprint density at radius 1 is 1.00 bits per heavy atom. The monoisotopic (exact) mass is 478 g/mol. The molecule has 3 aromatic rings. The summed E-state index contributed by atoms with van der Waals surface area (Å²) in [5.41, 5.74) is 2.51. The van der Waals surface area contributed by atoms with Crippen LogP contribution in [0.15, 0.2) is 77.7 Å². The molecule has 176 valence electrons.